The number of para-hydroxylation sites is 2. The minimum Gasteiger partial charge on any atom is -0.497 e. The number of amides is 2. The Labute approximate surface area is 213 Å². The van der Waals surface area contributed by atoms with Crippen molar-refractivity contribution in [1.29, 1.82) is 0 Å². The SMILES string of the molecule is CCOc1ccccc1C(=O)N1CCCCCCN(C(=O)c2cccc(OC)c2)c2ccccc2C1. The van der Waals surface area contributed by atoms with Crippen LogP contribution in [0, 0.1) is 0 Å². The molecule has 6 nitrogen and oxygen atoms in total. The van der Waals surface area contributed by atoms with Crippen LogP contribution in [-0.4, -0.2) is 43.5 Å². The molecule has 6 heteroatoms. The highest BCUT2D eigenvalue weighted by atomic mass is 16.5. The lowest BCUT2D eigenvalue weighted by Gasteiger charge is -2.28. The van der Waals surface area contributed by atoms with Gasteiger partial charge in [-0.25, -0.2) is 0 Å². The third-order valence-corrected chi connectivity index (χ3v) is 6.47. The van der Waals surface area contributed by atoms with Crippen molar-refractivity contribution < 1.29 is 19.1 Å². The normalized spacial score (nSPS) is 14.4. The van der Waals surface area contributed by atoms with E-state index >= 15 is 0 Å². The maximum atomic E-state index is 13.7. The van der Waals surface area contributed by atoms with Crippen molar-refractivity contribution in [3.05, 3.63) is 89.5 Å². The van der Waals surface area contributed by atoms with Crippen molar-refractivity contribution in [3.63, 3.8) is 0 Å². The number of nitrogens with zero attached hydrogens (tertiary/aromatic N) is 2. The van der Waals surface area contributed by atoms with E-state index in [1.54, 1.807) is 13.2 Å². The van der Waals surface area contributed by atoms with E-state index in [1.165, 1.54) is 0 Å². The summed E-state index contributed by atoms with van der Waals surface area (Å²) in [7, 11) is 1.60. The number of carbonyl (C=O) groups is 2. The predicted octanol–water partition coefficient (Wildman–Crippen LogP) is 5.96. The molecule has 0 bridgehead atoms. The zero-order chi connectivity index (χ0) is 25.3. The monoisotopic (exact) mass is 486 g/mol. The van der Waals surface area contributed by atoms with Crippen LogP contribution >= 0.6 is 0 Å². The van der Waals surface area contributed by atoms with E-state index in [4.69, 9.17) is 9.47 Å². The van der Waals surface area contributed by atoms with Gasteiger partial charge in [0.05, 0.1) is 19.3 Å². The Morgan fingerprint density at radius 2 is 1.58 bits per heavy atom. The molecule has 0 radical (unpaired) electrons. The molecule has 3 aromatic rings. The highest BCUT2D eigenvalue weighted by molar-refractivity contribution is 6.06. The van der Waals surface area contributed by atoms with Gasteiger partial charge in [0.15, 0.2) is 0 Å². The lowest BCUT2D eigenvalue weighted by atomic mass is 10.1. The highest BCUT2D eigenvalue weighted by Crippen LogP contribution is 2.28. The standard InChI is InChI=1S/C30H34N2O4/c1-3-36-28-18-9-7-16-26(28)30(34)31-19-10-4-5-11-20-32(27-17-8-6-13-24(27)22-31)29(33)23-14-12-15-25(21-23)35-2/h6-9,12-18,21H,3-5,10-11,19-20,22H2,1-2H3. The second-order valence-corrected chi connectivity index (χ2v) is 8.89. The molecule has 1 aliphatic heterocycles. The van der Waals surface area contributed by atoms with Crippen LogP contribution in [0.5, 0.6) is 11.5 Å². The van der Waals surface area contributed by atoms with Crippen LogP contribution in [0.1, 0.15) is 58.9 Å². The minimum absolute atomic E-state index is 0.0567. The van der Waals surface area contributed by atoms with E-state index in [0.29, 0.717) is 48.9 Å². The van der Waals surface area contributed by atoms with Crippen molar-refractivity contribution in [2.75, 3.05) is 31.7 Å². The lowest BCUT2D eigenvalue weighted by Crippen LogP contribution is -2.35. The predicted molar refractivity (Wildman–Crippen MR) is 142 cm³/mol. The molecule has 0 spiro atoms. The van der Waals surface area contributed by atoms with Crippen LogP contribution in [0.3, 0.4) is 0 Å². The maximum absolute atomic E-state index is 13.7. The summed E-state index contributed by atoms with van der Waals surface area (Å²) in [6.07, 6.45) is 3.79. The van der Waals surface area contributed by atoms with E-state index < -0.39 is 0 Å². The zero-order valence-corrected chi connectivity index (χ0v) is 21.1. The number of methoxy groups -OCH3 is 1. The number of carbonyl (C=O) groups excluding carboxylic acids is 2. The Hall–Kier alpha value is -3.80. The van der Waals surface area contributed by atoms with Crippen molar-refractivity contribution in [3.8, 4) is 11.5 Å². The van der Waals surface area contributed by atoms with Crippen LogP contribution in [0.15, 0.2) is 72.8 Å². The van der Waals surface area contributed by atoms with Crippen molar-refractivity contribution in [2.24, 2.45) is 0 Å². The number of hydrogen-bond acceptors (Lipinski definition) is 4. The van der Waals surface area contributed by atoms with Gasteiger partial charge in [0, 0.05) is 30.9 Å². The van der Waals surface area contributed by atoms with Gasteiger partial charge in [-0.15, -0.1) is 0 Å². The minimum atomic E-state index is -0.0693. The number of benzene rings is 3. The zero-order valence-electron chi connectivity index (χ0n) is 21.1. The smallest absolute Gasteiger partial charge is 0.258 e. The fourth-order valence-electron chi connectivity index (χ4n) is 4.63. The Kier molecular flexibility index (Phi) is 8.61. The number of ether oxygens (including phenoxy) is 2. The quantitative estimate of drug-likeness (QED) is 0.447. The molecule has 188 valence electrons. The van der Waals surface area contributed by atoms with Crippen LogP contribution < -0.4 is 14.4 Å². The summed E-state index contributed by atoms with van der Waals surface area (Å²) in [6, 6.07) is 22.6. The van der Waals surface area contributed by atoms with Gasteiger partial charge < -0.3 is 19.3 Å². The molecule has 0 aromatic heterocycles. The molecule has 0 N–H and O–H groups in total. The van der Waals surface area contributed by atoms with Crippen molar-refractivity contribution >= 4 is 17.5 Å². The molecule has 1 heterocycles. The average molecular weight is 487 g/mol. The second-order valence-electron chi connectivity index (χ2n) is 8.89. The largest absolute Gasteiger partial charge is 0.497 e. The number of anilines is 1. The molecule has 36 heavy (non-hydrogen) atoms. The van der Waals surface area contributed by atoms with E-state index in [0.717, 1.165) is 36.9 Å². The van der Waals surface area contributed by atoms with Crippen LogP contribution in [-0.2, 0) is 6.54 Å². The van der Waals surface area contributed by atoms with Gasteiger partial charge in [0.1, 0.15) is 11.5 Å². The number of rotatable bonds is 5. The first-order valence-corrected chi connectivity index (χ1v) is 12.7. The van der Waals surface area contributed by atoms with E-state index in [2.05, 4.69) is 0 Å². The molecule has 3 aromatic carbocycles. The van der Waals surface area contributed by atoms with Gasteiger partial charge in [-0.3, -0.25) is 9.59 Å². The molecule has 0 fully saturated rings. The lowest BCUT2D eigenvalue weighted by molar-refractivity contribution is 0.0736. The van der Waals surface area contributed by atoms with Gasteiger partial charge in [0.25, 0.3) is 11.8 Å². The molecule has 0 saturated carbocycles. The van der Waals surface area contributed by atoms with Crippen LogP contribution in [0.4, 0.5) is 5.69 Å². The Balaban J connectivity index is 1.69. The van der Waals surface area contributed by atoms with E-state index in [9.17, 15) is 9.59 Å². The van der Waals surface area contributed by atoms with Crippen LogP contribution in [0.25, 0.3) is 0 Å². The summed E-state index contributed by atoms with van der Waals surface area (Å²) < 4.78 is 11.1. The van der Waals surface area contributed by atoms with Gasteiger partial charge in [-0.1, -0.05) is 49.2 Å². The molecular formula is C30H34N2O4. The number of hydrogen-bond donors (Lipinski definition) is 0. The molecule has 0 unspecified atom stereocenters. The maximum Gasteiger partial charge on any atom is 0.258 e. The molecule has 1 aliphatic rings. The summed E-state index contributed by atoms with van der Waals surface area (Å²) in [6.45, 7) is 4.09. The summed E-state index contributed by atoms with van der Waals surface area (Å²) in [5.41, 5.74) is 2.93. The van der Waals surface area contributed by atoms with E-state index in [1.807, 2.05) is 83.5 Å². The Bertz CT molecular complexity index is 1190. The molecule has 0 aliphatic carbocycles. The summed E-state index contributed by atoms with van der Waals surface area (Å²) in [5, 5.41) is 0. The number of fused-ring (bicyclic) bond motifs is 1. The molecule has 4 rings (SSSR count). The summed E-state index contributed by atoms with van der Waals surface area (Å²) in [4.78, 5) is 31.2. The fourth-order valence-corrected chi connectivity index (χ4v) is 4.63. The van der Waals surface area contributed by atoms with Crippen molar-refractivity contribution in [1.82, 2.24) is 4.90 Å². The van der Waals surface area contributed by atoms with Crippen molar-refractivity contribution in [2.45, 2.75) is 39.2 Å². The third-order valence-electron chi connectivity index (χ3n) is 6.47. The molecule has 0 saturated heterocycles. The van der Waals surface area contributed by atoms with Gasteiger partial charge in [0.2, 0.25) is 0 Å². The van der Waals surface area contributed by atoms with Gasteiger partial charge in [-0.2, -0.15) is 0 Å². The first kappa shape index (κ1) is 25.3. The first-order valence-electron chi connectivity index (χ1n) is 12.7. The van der Waals surface area contributed by atoms with E-state index in [-0.39, 0.29) is 11.8 Å². The summed E-state index contributed by atoms with van der Waals surface area (Å²) in [5.74, 6) is 1.12. The molecule has 2 amide bonds. The second kappa shape index (κ2) is 12.2. The topological polar surface area (TPSA) is 59.1 Å². The molecule has 0 atom stereocenters. The highest BCUT2D eigenvalue weighted by Gasteiger charge is 2.25. The third kappa shape index (κ3) is 5.88. The Morgan fingerprint density at radius 1 is 0.833 bits per heavy atom. The first-order chi connectivity index (χ1) is 17.6. The fraction of sp³-hybridized carbons (Fsp3) is 0.333. The molecular weight excluding hydrogens is 452 g/mol. The van der Waals surface area contributed by atoms with Gasteiger partial charge in [-0.05, 0) is 61.7 Å². The average Bonchev–Trinajstić information content (AvgIpc) is 2.96. The van der Waals surface area contributed by atoms with Gasteiger partial charge >= 0.3 is 0 Å². The summed E-state index contributed by atoms with van der Waals surface area (Å²) >= 11 is 0. The van der Waals surface area contributed by atoms with Crippen LogP contribution in [0.2, 0.25) is 0 Å². The Morgan fingerprint density at radius 3 is 2.39 bits per heavy atom.